The van der Waals surface area contributed by atoms with Crippen LogP contribution in [0.2, 0.25) is 0 Å². The summed E-state index contributed by atoms with van der Waals surface area (Å²) < 4.78 is 27.2. The number of halogens is 1. The maximum atomic E-state index is 13.9. The van der Waals surface area contributed by atoms with Crippen molar-refractivity contribution in [3.05, 3.63) is 70.5 Å². The summed E-state index contributed by atoms with van der Waals surface area (Å²) in [4.78, 5) is 2.10. The summed E-state index contributed by atoms with van der Waals surface area (Å²) in [6.45, 7) is 0.812. The fourth-order valence-corrected chi connectivity index (χ4v) is 6.62. The van der Waals surface area contributed by atoms with Crippen molar-refractivity contribution in [3.8, 4) is 0 Å². The highest BCUT2D eigenvalue weighted by Gasteiger charge is 2.45. The second-order valence-electron chi connectivity index (χ2n) is 7.19. The number of fused-ring (bicyclic) bond motifs is 5. The summed E-state index contributed by atoms with van der Waals surface area (Å²) in [6, 6.07) is 13.5. The third kappa shape index (κ3) is 2.62. The van der Waals surface area contributed by atoms with Crippen LogP contribution >= 0.6 is 0 Å². The van der Waals surface area contributed by atoms with Gasteiger partial charge in [0.15, 0.2) is 0 Å². The Kier molecular flexibility index (Phi) is 4.05. The molecular weight excluding hydrogens is 321 g/mol. The number of benzene rings is 2. The Labute approximate surface area is 145 Å². The van der Waals surface area contributed by atoms with Crippen LogP contribution in [-0.2, 0) is 17.2 Å². The zero-order valence-corrected chi connectivity index (χ0v) is 14.9. The molecule has 1 aliphatic carbocycles. The zero-order valence-electron chi connectivity index (χ0n) is 14.0. The van der Waals surface area contributed by atoms with Gasteiger partial charge in [-0.15, -0.1) is 0 Å². The summed E-state index contributed by atoms with van der Waals surface area (Å²) in [5, 5.41) is 0.0431. The maximum absolute atomic E-state index is 13.9. The first-order chi connectivity index (χ1) is 11.5. The van der Waals surface area contributed by atoms with Crippen LogP contribution < -0.4 is 0 Å². The van der Waals surface area contributed by atoms with E-state index >= 15 is 0 Å². The van der Waals surface area contributed by atoms with E-state index in [1.54, 1.807) is 6.07 Å². The quantitative estimate of drug-likeness (QED) is 0.830. The molecule has 0 radical (unpaired) electrons. The van der Waals surface area contributed by atoms with Crippen LogP contribution in [0.4, 0.5) is 4.39 Å². The lowest BCUT2D eigenvalue weighted by Gasteiger charge is -2.19. The Balaban J connectivity index is 1.87. The first-order valence-electron chi connectivity index (χ1n) is 8.45. The summed E-state index contributed by atoms with van der Waals surface area (Å²) in [6.07, 6.45) is 1.71. The van der Waals surface area contributed by atoms with Crippen molar-refractivity contribution in [3.63, 3.8) is 0 Å². The van der Waals surface area contributed by atoms with Gasteiger partial charge in [-0.05, 0) is 61.3 Å². The molecule has 0 saturated carbocycles. The Morgan fingerprint density at radius 2 is 1.88 bits per heavy atom. The molecule has 2 aromatic rings. The standard InChI is InChI=1S/C20H22FNOS/c1-22(2)12-16-11-19-17-6-4-3-5-13(17)9-14-7-8-15(21)10-18(14)20(19)24(16)23/h3-8,10,16,19-20H,9,11-12H2,1-2H3/t16-,19-,20-,24+/m1/s1. The van der Waals surface area contributed by atoms with E-state index < -0.39 is 10.8 Å². The van der Waals surface area contributed by atoms with Crippen molar-refractivity contribution >= 4 is 10.8 Å². The van der Waals surface area contributed by atoms with Crippen molar-refractivity contribution in [1.29, 1.82) is 0 Å². The molecule has 0 N–H and O–H groups in total. The normalized spacial score (nSPS) is 28.2. The molecule has 0 amide bonds. The van der Waals surface area contributed by atoms with E-state index in [1.165, 1.54) is 17.2 Å². The molecule has 24 heavy (non-hydrogen) atoms. The molecule has 1 aliphatic heterocycles. The molecule has 0 aromatic heterocycles. The van der Waals surface area contributed by atoms with Crippen LogP contribution in [0.3, 0.4) is 0 Å². The number of nitrogens with zero attached hydrogens (tertiary/aromatic N) is 1. The molecule has 126 valence electrons. The molecule has 2 nitrogen and oxygen atoms in total. The van der Waals surface area contributed by atoms with Crippen LogP contribution in [0.15, 0.2) is 42.5 Å². The van der Waals surface area contributed by atoms with Crippen molar-refractivity contribution in [1.82, 2.24) is 4.90 Å². The first kappa shape index (κ1) is 16.0. The van der Waals surface area contributed by atoms with Gasteiger partial charge in [0.05, 0.1) is 5.25 Å². The molecule has 0 spiro atoms. The Morgan fingerprint density at radius 1 is 1.12 bits per heavy atom. The highest BCUT2D eigenvalue weighted by atomic mass is 32.2. The van der Waals surface area contributed by atoms with Crippen LogP contribution in [0, 0.1) is 5.82 Å². The van der Waals surface area contributed by atoms with Gasteiger partial charge in [0, 0.05) is 28.5 Å². The van der Waals surface area contributed by atoms with E-state index in [-0.39, 0.29) is 22.2 Å². The molecule has 1 fully saturated rings. The van der Waals surface area contributed by atoms with Gasteiger partial charge >= 0.3 is 0 Å². The second-order valence-corrected chi connectivity index (χ2v) is 9.03. The largest absolute Gasteiger partial charge is 0.308 e. The third-order valence-electron chi connectivity index (χ3n) is 5.28. The third-order valence-corrected chi connectivity index (χ3v) is 7.36. The van der Waals surface area contributed by atoms with Gasteiger partial charge in [-0.3, -0.25) is 4.21 Å². The fraction of sp³-hybridized carbons (Fsp3) is 0.400. The zero-order chi connectivity index (χ0) is 16.8. The number of rotatable bonds is 2. The summed E-state index contributed by atoms with van der Waals surface area (Å²) in [5.41, 5.74) is 4.67. The monoisotopic (exact) mass is 343 g/mol. The van der Waals surface area contributed by atoms with Crippen LogP contribution in [0.5, 0.6) is 0 Å². The smallest absolute Gasteiger partial charge is 0.123 e. The summed E-state index contributed by atoms with van der Waals surface area (Å²) in [7, 11) is 3.05. The van der Waals surface area contributed by atoms with Gasteiger partial charge in [0.1, 0.15) is 5.82 Å². The molecule has 4 rings (SSSR count). The average molecular weight is 343 g/mol. The fourth-order valence-electron chi connectivity index (χ4n) is 4.31. The molecule has 4 atom stereocenters. The SMILES string of the molecule is CN(C)C[C@H]1C[C@@H]2c3ccccc3Cc3ccc(F)cc3[C@H]2[S@]1=O. The first-order valence-corrected chi connectivity index (χ1v) is 9.72. The Hall–Kier alpha value is -1.52. The van der Waals surface area contributed by atoms with Crippen LogP contribution in [-0.4, -0.2) is 35.0 Å². The highest BCUT2D eigenvalue weighted by molar-refractivity contribution is 7.86. The van der Waals surface area contributed by atoms with Crippen LogP contribution in [0.1, 0.15) is 39.8 Å². The van der Waals surface area contributed by atoms with Crippen molar-refractivity contribution in [2.75, 3.05) is 20.6 Å². The minimum Gasteiger partial charge on any atom is -0.308 e. The predicted octanol–water partition coefficient (Wildman–Crippen LogP) is 3.64. The summed E-state index contributed by atoms with van der Waals surface area (Å²) >= 11 is 0. The van der Waals surface area contributed by atoms with Gasteiger partial charge in [0.2, 0.25) is 0 Å². The Bertz CT molecular complexity index is 804. The Morgan fingerprint density at radius 3 is 2.67 bits per heavy atom. The van der Waals surface area contributed by atoms with Gasteiger partial charge < -0.3 is 4.90 Å². The van der Waals surface area contributed by atoms with Gasteiger partial charge in [-0.25, -0.2) is 4.39 Å². The van der Waals surface area contributed by atoms with E-state index in [9.17, 15) is 8.60 Å². The van der Waals surface area contributed by atoms with Gasteiger partial charge in [-0.1, -0.05) is 30.3 Å². The maximum Gasteiger partial charge on any atom is 0.123 e. The molecule has 1 saturated heterocycles. The minimum atomic E-state index is -0.994. The van der Waals surface area contributed by atoms with E-state index in [0.29, 0.717) is 0 Å². The van der Waals surface area contributed by atoms with E-state index in [2.05, 4.69) is 29.2 Å². The van der Waals surface area contributed by atoms with Crippen molar-refractivity contribution < 1.29 is 8.60 Å². The molecule has 0 bridgehead atoms. The van der Waals surface area contributed by atoms with Gasteiger partial charge in [0.25, 0.3) is 0 Å². The number of hydrogen-bond acceptors (Lipinski definition) is 2. The van der Waals surface area contributed by atoms with E-state index in [0.717, 1.165) is 30.5 Å². The molecule has 0 unspecified atom stereocenters. The van der Waals surface area contributed by atoms with E-state index in [1.807, 2.05) is 20.2 Å². The highest BCUT2D eigenvalue weighted by Crippen LogP contribution is 2.51. The lowest BCUT2D eigenvalue weighted by Crippen LogP contribution is -2.27. The molecule has 2 aromatic carbocycles. The van der Waals surface area contributed by atoms with Crippen molar-refractivity contribution in [2.45, 2.75) is 29.3 Å². The predicted molar refractivity (Wildman–Crippen MR) is 96.2 cm³/mol. The molecule has 1 heterocycles. The minimum absolute atomic E-state index is 0.0932. The molecule has 2 aliphatic rings. The summed E-state index contributed by atoms with van der Waals surface area (Å²) in [5.74, 6) is -0.0125. The van der Waals surface area contributed by atoms with Crippen molar-refractivity contribution in [2.24, 2.45) is 0 Å². The lowest BCUT2D eigenvalue weighted by atomic mass is 9.87. The average Bonchev–Trinajstić information content (AvgIpc) is 2.78. The van der Waals surface area contributed by atoms with Crippen LogP contribution in [0.25, 0.3) is 0 Å². The molecule has 4 heteroatoms. The lowest BCUT2D eigenvalue weighted by molar-refractivity contribution is 0.396. The second kappa shape index (κ2) is 6.08. The molecular formula is C20H22FNOS. The van der Waals surface area contributed by atoms with E-state index in [4.69, 9.17) is 0 Å². The number of hydrogen-bond donors (Lipinski definition) is 0. The topological polar surface area (TPSA) is 20.3 Å². The van der Waals surface area contributed by atoms with Gasteiger partial charge in [-0.2, -0.15) is 0 Å².